The summed E-state index contributed by atoms with van der Waals surface area (Å²) in [5, 5.41) is 16.8. The Hall–Kier alpha value is -2.75. The number of hydrogen-bond acceptors (Lipinski definition) is 5. The van der Waals surface area contributed by atoms with E-state index in [1.165, 1.54) is 23.0 Å². The number of nitrogens with zero attached hydrogens (tertiary/aromatic N) is 4. The molecule has 10 heteroatoms. The number of carboxylic acids is 1. The van der Waals surface area contributed by atoms with Crippen LogP contribution in [0, 0.1) is 0 Å². The maximum Gasteiger partial charge on any atom is 0.358 e. The Kier molecular flexibility index (Phi) is 5.74. The third kappa shape index (κ3) is 4.47. The van der Waals surface area contributed by atoms with Crippen molar-refractivity contribution >= 4 is 40.2 Å². The van der Waals surface area contributed by atoms with Crippen molar-refractivity contribution in [3.63, 3.8) is 0 Å². The quantitative estimate of drug-likeness (QED) is 0.611. The molecule has 1 atom stereocenters. The fourth-order valence-corrected chi connectivity index (χ4v) is 3.51. The van der Waals surface area contributed by atoms with Gasteiger partial charge in [-0.3, -0.25) is 8.51 Å². The number of aromatic carboxylic acids is 1. The average molecular weight is 434 g/mol. The first-order chi connectivity index (χ1) is 13.6. The maximum atomic E-state index is 12.1. The number of rotatable bonds is 5. The van der Waals surface area contributed by atoms with Gasteiger partial charge < -0.3 is 9.66 Å². The van der Waals surface area contributed by atoms with E-state index in [4.69, 9.17) is 16.7 Å². The molecule has 152 valence electrons. The van der Waals surface area contributed by atoms with Gasteiger partial charge in [-0.2, -0.15) is 0 Å². The van der Waals surface area contributed by atoms with Gasteiger partial charge in [0.15, 0.2) is 5.69 Å². The molecule has 0 radical (unpaired) electrons. The predicted molar refractivity (Wildman–Crippen MR) is 110 cm³/mol. The Bertz CT molecular complexity index is 1080. The first-order valence-electron chi connectivity index (χ1n) is 8.53. The van der Waals surface area contributed by atoms with Gasteiger partial charge in [-0.1, -0.05) is 49.7 Å². The summed E-state index contributed by atoms with van der Waals surface area (Å²) in [4.78, 5) is 11.1. The summed E-state index contributed by atoms with van der Waals surface area (Å²) in [5.41, 5.74) is 1.61. The highest BCUT2D eigenvalue weighted by atomic mass is 35.5. The van der Waals surface area contributed by atoms with Crippen molar-refractivity contribution in [3.05, 3.63) is 64.9 Å². The molecule has 3 rings (SSSR count). The van der Waals surface area contributed by atoms with Crippen LogP contribution in [0.3, 0.4) is 0 Å². The first kappa shape index (κ1) is 21.0. The zero-order valence-corrected chi connectivity index (χ0v) is 17.4. The number of carboxylic acid groups (broad SMARTS) is 1. The Balaban J connectivity index is 2.13. The number of aromatic nitrogens is 3. The van der Waals surface area contributed by atoms with Crippen LogP contribution in [0.25, 0.3) is 5.69 Å². The predicted octanol–water partition coefficient (Wildman–Crippen LogP) is 3.85. The Morgan fingerprint density at radius 3 is 2.38 bits per heavy atom. The highest BCUT2D eigenvalue weighted by molar-refractivity contribution is 7.81. The summed E-state index contributed by atoms with van der Waals surface area (Å²) < 4.78 is 26.5. The standard InChI is InChI=1S/C19H19ClN4O4S/c1-19(2,3)12-4-7-14(8-5-12)24(29(27)28)16-9-6-13(20)10-17(16)23-11-15(18(25)26)21-22-23/h4-11H,1-3H3,(H,25,26)(H,27,28)/p-1. The third-order valence-electron chi connectivity index (χ3n) is 4.23. The maximum absolute atomic E-state index is 12.1. The van der Waals surface area contributed by atoms with Gasteiger partial charge in [-0.05, 0) is 41.3 Å². The second-order valence-electron chi connectivity index (χ2n) is 7.29. The SMILES string of the molecule is CC(C)(C)c1ccc(N(c2ccc(Cl)cc2-n2cc(C(=O)O)nn2)S(=O)[O-])cc1. The molecule has 0 saturated heterocycles. The normalized spacial score (nSPS) is 12.6. The molecule has 1 heterocycles. The number of hydrogen-bond donors (Lipinski definition) is 1. The largest absolute Gasteiger partial charge is 0.755 e. The summed E-state index contributed by atoms with van der Waals surface area (Å²) in [6.07, 6.45) is 1.19. The molecule has 0 saturated carbocycles. The van der Waals surface area contributed by atoms with Crippen molar-refractivity contribution < 1.29 is 18.7 Å². The van der Waals surface area contributed by atoms with Crippen molar-refractivity contribution in [3.8, 4) is 5.69 Å². The van der Waals surface area contributed by atoms with Gasteiger partial charge in [0.05, 0.1) is 34.5 Å². The molecule has 1 N–H and O–H groups in total. The van der Waals surface area contributed by atoms with Crippen molar-refractivity contribution in [1.29, 1.82) is 0 Å². The van der Waals surface area contributed by atoms with E-state index in [9.17, 15) is 13.6 Å². The van der Waals surface area contributed by atoms with Crippen LogP contribution in [-0.4, -0.2) is 34.8 Å². The zero-order valence-electron chi connectivity index (χ0n) is 15.9. The van der Waals surface area contributed by atoms with Crippen LogP contribution in [0.4, 0.5) is 11.4 Å². The molecule has 0 aliphatic rings. The smallest absolute Gasteiger partial charge is 0.358 e. The van der Waals surface area contributed by atoms with E-state index in [0.717, 1.165) is 9.87 Å². The molecule has 0 bridgehead atoms. The molecule has 0 amide bonds. The second kappa shape index (κ2) is 7.94. The van der Waals surface area contributed by atoms with Crippen molar-refractivity contribution in [2.45, 2.75) is 26.2 Å². The molecule has 0 spiro atoms. The van der Waals surface area contributed by atoms with E-state index in [2.05, 4.69) is 31.1 Å². The van der Waals surface area contributed by atoms with Gasteiger partial charge in [0.2, 0.25) is 0 Å². The Morgan fingerprint density at radius 1 is 1.21 bits per heavy atom. The minimum Gasteiger partial charge on any atom is -0.755 e. The number of anilines is 2. The van der Waals surface area contributed by atoms with Crippen LogP contribution in [-0.2, 0) is 16.7 Å². The molecule has 8 nitrogen and oxygen atoms in total. The Labute approximate surface area is 175 Å². The lowest BCUT2D eigenvalue weighted by molar-refractivity contribution is 0.0690. The van der Waals surface area contributed by atoms with Gasteiger partial charge in [-0.15, -0.1) is 5.10 Å². The molecule has 29 heavy (non-hydrogen) atoms. The second-order valence-corrected chi connectivity index (χ2v) is 8.53. The topological polar surface area (TPSA) is 111 Å². The molecule has 0 aliphatic heterocycles. The summed E-state index contributed by atoms with van der Waals surface area (Å²) in [5.74, 6) is -1.25. The van der Waals surface area contributed by atoms with Gasteiger partial charge in [-0.25, -0.2) is 9.48 Å². The molecule has 3 aromatic rings. The molecule has 2 aromatic carbocycles. The van der Waals surface area contributed by atoms with E-state index < -0.39 is 17.2 Å². The third-order valence-corrected chi connectivity index (χ3v) is 5.17. The highest BCUT2D eigenvalue weighted by Gasteiger charge is 2.20. The van der Waals surface area contributed by atoms with Crippen LogP contribution in [0.15, 0.2) is 48.7 Å². The zero-order chi connectivity index (χ0) is 21.3. The summed E-state index contributed by atoms with van der Waals surface area (Å²) in [6.45, 7) is 6.19. The van der Waals surface area contributed by atoms with Crippen LogP contribution in [0.5, 0.6) is 0 Å². The lowest BCUT2D eigenvalue weighted by Gasteiger charge is -2.29. The van der Waals surface area contributed by atoms with E-state index in [1.807, 2.05) is 12.1 Å². The Morgan fingerprint density at radius 2 is 1.86 bits per heavy atom. The molecule has 0 fully saturated rings. The number of carbonyl (C=O) groups is 1. The van der Waals surface area contributed by atoms with Crippen LogP contribution < -0.4 is 4.31 Å². The highest BCUT2D eigenvalue weighted by Crippen LogP contribution is 2.35. The average Bonchev–Trinajstić information content (AvgIpc) is 3.13. The molecular formula is C19H18ClN4O4S-. The van der Waals surface area contributed by atoms with E-state index in [0.29, 0.717) is 10.7 Å². The van der Waals surface area contributed by atoms with Gasteiger partial charge in [0, 0.05) is 5.02 Å². The van der Waals surface area contributed by atoms with E-state index >= 15 is 0 Å². The van der Waals surface area contributed by atoms with Crippen LogP contribution in [0.2, 0.25) is 5.02 Å². The molecule has 1 aromatic heterocycles. The van der Waals surface area contributed by atoms with Crippen molar-refractivity contribution in [2.24, 2.45) is 0 Å². The number of halogens is 1. The fourth-order valence-electron chi connectivity index (χ4n) is 2.73. The molecule has 1 unspecified atom stereocenters. The lowest BCUT2D eigenvalue weighted by Crippen LogP contribution is -2.21. The monoisotopic (exact) mass is 433 g/mol. The summed E-state index contributed by atoms with van der Waals surface area (Å²) >= 11 is 3.42. The van der Waals surface area contributed by atoms with Crippen LogP contribution >= 0.6 is 11.6 Å². The lowest BCUT2D eigenvalue weighted by atomic mass is 9.87. The van der Waals surface area contributed by atoms with Gasteiger partial charge >= 0.3 is 5.97 Å². The fraction of sp³-hybridized carbons (Fsp3) is 0.211. The van der Waals surface area contributed by atoms with Crippen molar-refractivity contribution in [2.75, 3.05) is 4.31 Å². The van der Waals surface area contributed by atoms with E-state index in [-0.39, 0.29) is 22.5 Å². The molecule has 0 aliphatic carbocycles. The van der Waals surface area contributed by atoms with E-state index in [1.54, 1.807) is 18.2 Å². The minimum absolute atomic E-state index is 0.0840. The van der Waals surface area contributed by atoms with Crippen LogP contribution in [0.1, 0.15) is 36.8 Å². The number of benzene rings is 2. The van der Waals surface area contributed by atoms with Gasteiger partial charge in [0.25, 0.3) is 0 Å². The summed E-state index contributed by atoms with van der Waals surface area (Å²) in [7, 11) is 0. The first-order valence-corrected chi connectivity index (χ1v) is 9.94. The minimum atomic E-state index is -2.66. The van der Waals surface area contributed by atoms with Crippen molar-refractivity contribution in [1.82, 2.24) is 15.0 Å². The van der Waals surface area contributed by atoms with Gasteiger partial charge in [0.1, 0.15) is 0 Å². The molecular weight excluding hydrogens is 416 g/mol. The summed E-state index contributed by atoms with van der Waals surface area (Å²) in [6, 6.07) is 11.7.